The minimum atomic E-state index is 0.372. The van der Waals surface area contributed by atoms with Crippen molar-refractivity contribution in [2.45, 2.75) is 39.8 Å². The van der Waals surface area contributed by atoms with E-state index in [-0.39, 0.29) is 0 Å². The van der Waals surface area contributed by atoms with Crippen LogP contribution in [0, 0.1) is 6.92 Å². The molecule has 2 atom stereocenters. The Kier molecular flexibility index (Phi) is 5.50. The summed E-state index contributed by atoms with van der Waals surface area (Å²) in [5, 5.41) is 3.55. The van der Waals surface area contributed by atoms with Gasteiger partial charge >= 0.3 is 0 Å². The lowest BCUT2D eigenvalue weighted by Gasteiger charge is -2.21. The maximum atomic E-state index is 5.40. The van der Waals surface area contributed by atoms with Crippen LogP contribution in [0.3, 0.4) is 0 Å². The van der Waals surface area contributed by atoms with Crippen molar-refractivity contribution in [1.82, 2.24) is 5.32 Å². The molecule has 0 spiro atoms. The zero-order valence-electron chi connectivity index (χ0n) is 10.8. The van der Waals surface area contributed by atoms with Crippen LogP contribution in [-0.4, -0.2) is 19.3 Å². The van der Waals surface area contributed by atoms with E-state index in [1.807, 2.05) is 6.92 Å². The molecule has 0 saturated heterocycles. The lowest BCUT2D eigenvalue weighted by molar-refractivity contribution is 0.124. The molecule has 0 amide bonds. The monoisotopic (exact) mass is 221 g/mol. The third-order valence-electron chi connectivity index (χ3n) is 2.76. The summed E-state index contributed by atoms with van der Waals surface area (Å²) in [6.07, 6.45) is 0. The molecule has 1 aromatic rings. The average molecular weight is 221 g/mol. The van der Waals surface area contributed by atoms with E-state index in [0.717, 1.165) is 13.2 Å². The van der Waals surface area contributed by atoms with E-state index in [4.69, 9.17) is 4.74 Å². The number of aryl methyl sites for hydroxylation is 1. The Labute approximate surface area is 99.0 Å². The molecular weight excluding hydrogens is 198 g/mol. The quantitative estimate of drug-likeness (QED) is 0.797. The number of rotatable bonds is 6. The van der Waals surface area contributed by atoms with Crippen molar-refractivity contribution in [1.29, 1.82) is 0 Å². The van der Waals surface area contributed by atoms with Crippen molar-refractivity contribution in [3.63, 3.8) is 0 Å². The van der Waals surface area contributed by atoms with Crippen molar-refractivity contribution in [3.8, 4) is 0 Å². The summed E-state index contributed by atoms with van der Waals surface area (Å²) < 4.78 is 5.40. The Morgan fingerprint density at radius 2 is 1.94 bits per heavy atom. The highest BCUT2D eigenvalue weighted by Crippen LogP contribution is 2.17. The van der Waals surface area contributed by atoms with Gasteiger partial charge in [-0.1, -0.05) is 24.3 Å². The van der Waals surface area contributed by atoms with Crippen LogP contribution >= 0.6 is 0 Å². The number of nitrogens with one attached hydrogen (secondary N) is 1. The Morgan fingerprint density at radius 1 is 1.25 bits per heavy atom. The number of hydrogen-bond acceptors (Lipinski definition) is 2. The van der Waals surface area contributed by atoms with Gasteiger partial charge in [0.2, 0.25) is 0 Å². The van der Waals surface area contributed by atoms with Gasteiger partial charge in [-0.25, -0.2) is 0 Å². The lowest BCUT2D eigenvalue weighted by Crippen LogP contribution is -2.33. The molecule has 1 N–H and O–H groups in total. The molecule has 0 bridgehead atoms. The molecule has 0 fully saturated rings. The fraction of sp³-hybridized carbons (Fsp3) is 0.571. The molecule has 1 unspecified atom stereocenters. The molecule has 0 aliphatic rings. The second-order valence-corrected chi connectivity index (χ2v) is 4.31. The molecule has 90 valence electrons. The summed E-state index contributed by atoms with van der Waals surface area (Å²) >= 11 is 0. The molecule has 0 aliphatic heterocycles. The van der Waals surface area contributed by atoms with Gasteiger partial charge in [0.25, 0.3) is 0 Å². The van der Waals surface area contributed by atoms with Crippen LogP contribution in [0.15, 0.2) is 24.3 Å². The van der Waals surface area contributed by atoms with Gasteiger partial charge in [0.05, 0.1) is 6.61 Å². The molecule has 0 saturated carbocycles. The SMILES string of the molecule is CCOCC(C)N[C@H](C)c1ccccc1C. The molecule has 2 nitrogen and oxygen atoms in total. The number of ether oxygens (including phenoxy) is 1. The van der Waals surface area contributed by atoms with E-state index in [0.29, 0.717) is 12.1 Å². The molecule has 2 heteroatoms. The Morgan fingerprint density at radius 3 is 2.56 bits per heavy atom. The maximum Gasteiger partial charge on any atom is 0.0616 e. The predicted molar refractivity (Wildman–Crippen MR) is 68.7 cm³/mol. The second kappa shape index (κ2) is 6.66. The zero-order chi connectivity index (χ0) is 12.0. The van der Waals surface area contributed by atoms with Crippen molar-refractivity contribution in [2.75, 3.05) is 13.2 Å². The fourth-order valence-corrected chi connectivity index (χ4v) is 1.93. The number of benzene rings is 1. The first-order chi connectivity index (χ1) is 7.65. The topological polar surface area (TPSA) is 21.3 Å². The standard InChI is InChI=1S/C14H23NO/c1-5-16-10-12(3)15-13(4)14-9-7-6-8-11(14)2/h6-9,12-13,15H,5,10H2,1-4H3/t12?,13-/m1/s1. The number of hydrogen-bond donors (Lipinski definition) is 1. The minimum Gasteiger partial charge on any atom is -0.380 e. The molecule has 0 radical (unpaired) electrons. The van der Waals surface area contributed by atoms with Crippen molar-refractivity contribution < 1.29 is 4.74 Å². The molecule has 0 aromatic heterocycles. The van der Waals surface area contributed by atoms with Crippen LogP contribution in [0.5, 0.6) is 0 Å². The highest BCUT2D eigenvalue weighted by atomic mass is 16.5. The third kappa shape index (κ3) is 3.95. The van der Waals surface area contributed by atoms with Crippen molar-refractivity contribution in [3.05, 3.63) is 35.4 Å². The van der Waals surface area contributed by atoms with E-state index in [9.17, 15) is 0 Å². The van der Waals surface area contributed by atoms with Crippen molar-refractivity contribution in [2.24, 2.45) is 0 Å². The highest BCUT2D eigenvalue weighted by molar-refractivity contribution is 5.28. The van der Waals surface area contributed by atoms with Crippen molar-refractivity contribution >= 4 is 0 Å². The summed E-state index contributed by atoms with van der Waals surface area (Å²) in [5.74, 6) is 0. The van der Waals surface area contributed by atoms with Gasteiger partial charge in [-0.3, -0.25) is 0 Å². The van der Waals surface area contributed by atoms with Gasteiger partial charge < -0.3 is 10.1 Å². The summed E-state index contributed by atoms with van der Waals surface area (Å²) in [5.41, 5.74) is 2.71. The molecule has 0 heterocycles. The molecule has 16 heavy (non-hydrogen) atoms. The van der Waals surface area contributed by atoms with Crippen LogP contribution in [0.1, 0.15) is 37.9 Å². The summed E-state index contributed by atoms with van der Waals surface area (Å²) in [7, 11) is 0. The van der Waals surface area contributed by atoms with Gasteiger partial charge in [-0.2, -0.15) is 0 Å². The van der Waals surface area contributed by atoms with E-state index >= 15 is 0 Å². The fourth-order valence-electron chi connectivity index (χ4n) is 1.93. The summed E-state index contributed by atoms with van der Waals surface area (Å²) in [6, 6.07) is 9.26. The highest BCUT2D eigenvalue weighted by Gasteiger charge is 2.10. The minimum absolute atomic E-state index is 0.372. The third-order valence-corrected chi connectivity index (χ3v) is 2.76. The van der Waals surface area contributed by atoms with Gasteiger partial charge in [0, 0.05) is 18.7 Å². The smallest absolute Gasteiger partial charge is 0.0616 e. The molecule has 0 aliphatic carbocycles. The Bertz CT molecular complexity index is 311. The maximum absolute atomic E-state index is 5.40. The van der Waals surface area contributed by atoms with Crippen LogP contribution in [0.2, 0.25) is 0 Å². The van der Waals surface area contributed by atoms with Crippen LogP contribution in [0.4, 0.5) is 0 Å². The van der Waals surface area contributed by atoms with E-state index in [1.54, 1.807) is 0 Å². The van der Waals surface area contributed by atoms with E-state index < -0.39 is 0 Å². The Balaban J connectivity index is 2.52. The van der Waals surface area contributed by atoms with Gasteiger partial charge in [0.15, 0.2) is 0 Å². The molecule has 1 rings (SSSR count). The second-order valence-electron chi connectivity index (χ2n) is 4.31. The van der Waals surface area contributed by atoms with E-state index in [1.165, 1.54) is 11.1 Å². The Hall–Kier alpha value is -0.860. The van der Waals surface area contributed by atoms with Crippen LogP contribution < -0.4 is 5.32 Å². The zero-order valence-corrected chi connectivity index (χ0v) is 10.8. The van der Waals surface area contributed by atoms with Gasteiger partial charge in [0.1, 0.15) is 0 Å². The first kappa shape index (κ1) is 13.2. The lowest BCUT2D eigenvalue weighted by atomic mass is 10.0. The summed E-state index contributed by atoms with van der Waals surface area (Å²) in [6.45, 7) is 10.1. The first-order valence-electron chi connectivity index (χ1n) is 6.04. The molecular formula is C14H23NO. The van der Waals surface area contributed by atoms with Crippen LogP contribution in [0.25, 0.3) is 0 Å². The summed E-state index contributed by atoms with van der Waals surface area (Å²) in [4.78, 5) is 0. The molecule has 1 aromatic carbocycles. The van der Waals surface area contributed by atoms with E-state index in [2.05, 4.69) is 50.4 Å². The predicted octanol–water partition coefficient (Wildman–Crippen LogP) is 3.07. The average Bonchev–Trinajstić information content (AvgIpc) is 2.26. The first-order valence-corrected chi connectivity index (χ1v) is 6.04. The van der Waals surface area contributed by atoms with Gasteiger partial charge in [-0.05, 0) is 38.8 Å². The normalized spacial score (nSPS) is 14.8. The largest absolute Gasteiger partial charge is 0.380 e. The van der Waals surface area contributed by atoms with Gasteiger partial charge in [-0.15, -0.1) is 0 Å². The van der Waals surface area contributed by atoms with Crippen LogP contribution in [-0.2, 0) is 4.74 Å².